The smallest absolute Gasteiger partial charge is 0.257 e. The summed E-state index contributed by atoms with van der Waals surface area (Å²) in [4.78, 5) is 14.5. The third kappa shape index (κ3) is 3.44. The lowest BCUT2D eigenvalue weighted by Crippen LogP contribution is -2.40. The van der Waals surface area contributed by atoms with Crippen molar-refractivity contribution < 1.29 is 9.90 Å². The van der Waals surface area contributed by atoms with Gasteiger partial charge in [-0.05, 0) is 32.8 Å². The number of amides is 1. The number of aromatic nitrogens is 2. The van der Waals surface area contributed by atoms with Crippen LogP contribution in [0.1, 0.15) is 40.2 Å². The second kappa shape index (κ2) is 7.29. The molecule has 6 nitrogen and oxygen atoms in total. The quantitative estimate of drug-likeness (QED) is 0.687. The molecule has 0 saturated carbocycles. The van der Waals surface area contributed by atoms with E-state index in [-0.39, 0.29) is 22.6 Å². The van der Waals surface area contributed by atoms with E-state index >= 15 is 0 Å². The predicted octanol–water partition coefficient (Wildman–Crippen LogP) is 3.96. The molecule has 0 unspecified atom stereocenters. The van der Waals surface area contributed by atoms with Crippen LogP contribution in [0.2, 0.25) is 10.0 Å². The second-order valence-corrected chi connectivity index (χ2v) is 7.39. The summed E-state index contributed by atoms with van der Waals surface area (Å²) in [7, 11) is 0. The van der Waals surface area contributed by atoms with Crippen molar-refractivity contribution in [1.29, 1.82) is 5.41 Å². The SMILES string of the molecule is Cc1n[nH]c(C)c1C(=O)N1CCC(C(=N)c2cc(Cl)c(Cl)cc2O)CC1. The number of hydrogen-bond donors (Lipinski definition) is 3. The largest absolute Gasteiger partial charge is 0.507 e. The first-order valence-corrected chi connectivity index (χ1v) is 9.12. The lowest BCUT2D eigenvalue weighted by molar-refractivity contribution is 0.0708. The molecule has 1 aliphatic rings. The number of nitrogens with one attached hydrogen (secondary N) is 2. The van der Waals surface area contributed by atoms with Gasteiger partial charge in [0.2, 0.25) is 0 Å². The van der Waals surface area contributed by atoms with Gasteiger partial charge in [0.05, 0.1) is 21.3 Å². The van der Waals surface area contributed by atoms with Crippen molar-refractivity contribution in [2.75, 3.05) is 13.1 Å². The number of halogens is 2. The Labute approximate surface area is 161 Å². The van der Waals surface area contributed by atoms with E-state index in [1.807, 2.05) is 13.8 Å². The number of piperidine rings is 1. The van der Waals surface area contributed by atoms with Gasteiger partial charge in [0.25, 0.3) is 5.91 Å². The zero-order valence-corrected chi connectivity index (χ0v) is 16.1. The molecular weight excluding hydrogens is 375 g/mol. The van der Waals surface area contributed by atoms with Crippen LogP contribution >= 0.6 is 23.2 Å². The molecule has 8 heteroatoms. The zero-order valence-electron chi connectivity index (χ0n) is 14.6. The fourth-order valence-corrected chi connectivity index (χ4v) is 3.69. The Kier molecular flexibility index (Phi) is 5.25. The van der Waals surface area contributed by atoms with E-state index in [9.17, 15) is 9.90 Å². The van der Waals surface area contributed by atoms with Gasteiger partial charge in [-0.15, -0.1) is 0 Å². The lowest BCUT2D eigenvalue weighted by Gasteiger charge is -2.32. The number of phenols is 1. The van der Waals surface area contributed by atoms with Crippen molar-refractivity contribution in [1.82, 2.24) is 15.1 Å². The van der Waals surface area contributed by atoms with Crippen LogP contribution in [-0.4, -0.2) is 44.9 Å². The number of aromatic amines is 1. The minimum absolute atomic E-state index is 0.0314. The van der Waals surface area contributed by atoms with Gasteiger partial charge in [-0.3, -0.25) is 9.89 Å². The van der Waals surface area contributed by atoms with Crippen LogP contribution < -0.4 is 0 Å². The molecule has 0 bridgehead atoms. The minimum Gasteiger partial charge on any atom is -0.507 e. The van der Waals surface area contributed by atoms with Gasteiger partial charge < -0.3 is 15.4 Å². The molecule has 0 spiro atoms. The molecule has 1 aromatic carbocycles. The van der Waals surface area contributed by atoms with E-state index in [1.165, 1.54) is 12.1 Å². The summed E-state index contributed by atoms with van der Waals surface area (Å²) in [6.07, 6.45) is 1.31. The van der Waals surface area contributed by atoms with Crippen LogP contribution in [0.5, 0.6) is 5.75 Å². The molecule has 1 amide bonds. The van der Waals surface area contributed by atoms with Gasteiger partial charge in [0.15, 0.2) is 0 Å². The molecule has 3 rings (SSSR count). The van der Waals surface area contributed by atoms with Crippen molar-refractivity contribution in [2.24, 2.45) is 5.92 Å². The number of benzene rings is 1. The van der Waals surface area contributed by atoms with Crippen LogP contribution in [0.15, 0.2) is 12.1 Å². The standard InChI is InChI=1S/C18H20Cl2N4O2/c1-9-16(10(2)23-22-9)18(26)24-5-3-11(4-6-24)17(21)12-7-13(19)14(20)8-15(12)25/h7-8,11,21,25H,3-6H2,1-2H3,(H,22,23). The number of nitrogens with zero attached hydrogens (tertiary/aromatic N) is 2. The van der Waals surface area contributed by atoms with Crippen LogP contribution in [0.3, 0.4) is 0 Å². The van der Waals surface area contributed by atoms with E-state index in [1.54, 1.807) is 4.90 Å². The van der Waals surface area contributed by atoms with Gasteiger partial charge in [-0.25, -0.2) is 0 Å². The first-order valence-electron chi connectivity index (χ1n) is 8.37. The number of carbonyl (C=O) groups excluding carboxylic acids is 1. The van der Waals surface area contributed by atoms with Crippen molar-refractivity contribution in [2.45, 2.75) is 26.7 Å². The van der Waals surface area contributed by atoms with Crippen LogP contribution in [0, 0.1) is 25.2 Å². The maximum absolute atomic E-state index is 12.7. The highest BCUT2D eigenvalue weighted by Crippen LogP contribution is 2.33. The van der Waals surface area contributed by atoms with Gasteiger partial charge in [-0.2, -0.15) is 5.10 Å². The summed E-state index contributed by atoms with van der Waals surface area (Å²) in [5.74, 6) is -0.127. The Morgan fingerprint density at radius 3 is 2.46 bits per heavy atom. The molecule has 3 N–H and O–H groups in total. The van der Waals surface area contributed by atoms with E-state index in [0.29, 0.717) is 53.5 Å². The monoisotopic (exact) mass is 394 g/mol. The molecule has 0 atom stereocenters. The summed E-state index contributed by atoms with van der Waals surface area (Å²) < 4.78 is 0. The Morgan fingerprint density at radius 1 is 1.27 bits per heavy atom. The molecule has 138 valence electrons. The Balaban J connectivity index is 1.70. The zero-order chi connectivity index (χ0) is 19.0. The number of carbonyl (C=O) groups is 1. The van der Waals surface area contributed by atoms with Gasteiger partial charge in [0, 0.05) is 42.0 Å². The highest BCUT2D eigenvalue weighted by Gasteiger charge is 2.29. The van der Waals surface area contributed by atoms with Crippen molar-refractivity contribution in [3.8, 4) is 5.75 Å². The maximum Gasteiger partial charge on any atom is 0.257 e. The summed E-state index contributed by atoms with van der Waals surface area (Å²) in [6, 6.07) is 2.88. The van der Waals surface area contributed by atoms with Gasteiger partial charge in [0.1, 0.15) is 5.75 Å². The Hall–Kier alpha value is -2.05. The molecule has 0 aliphatic carbocycles. The van der Waals surface area contributed by atoms with E-state index in [4.69, 9.17) is 28.6 Å². The number of likely N-dealkylation sites (tertiary alicyclic amines) is 1. The van der Waals surface area contributed by atoms with E-state index < -0.39 is 0 Å². The molecule has 1 saturated heterocycles. The molecule has 2 heterocycles. The Bertz CT molecular complexity index is 851. The van der Waals surface area contributed by atoms with Gasteiger partial charge >= 0.3 is 0 Å². The topological polar surface area (TPSA) is 93.1 Å². The predicted molar refractivity (Wildman–Crippen MR) is 102 cm³/mol. The summed E-state index contributed by atoms with van der Waals surface area (Å²) in [5, 5.41) is 26.0. The fourth-order valence-electron chi connectivity index (χ4n) is 3.37. The van der Waals surface area contributed by atoms with E-state index in [0.717, 1.165) is 5.69 Å². The van der Waals surface area contributed by atoms with Gasteiger partial charge in [-0.1, -0.05) is 23.2 Å². The van der Waals surface area contributed by atoms with Crippen molar-refractivity contribution >= 4 is 34.8 Å². The molecule has 1 aliphatic heterocycles. The summed E-state index contributed by atoms with van der Waals surface area (Å²) in [5.41, 5.74) is 2.81. The number of hydrogen-bond acceptors (Lipinski definition) is 4. The molecule has 26 heavy (non-hydrogen) atoms. The normalized spacial score (nSPS) is 15.3. The average molecular weight is 395 g/mol. The number of rotatable bonds is 3. The van der Waals surface area contributed by atoms with E-state index in [2.05, 4.69) is 10.2 Å². The summed E-state index contributed by atoms with van der Waals surface area (Å²) >= 11 is 11.9. The highest BCUT2D eigenvalue weighted by molar-refractivity contribution is 6.42. The van der Waals surface area contributed by atoms with Crippen LogP contribution in [0.25, 0.3) is 0 Å². The van der Waals surface area contributed by atoms with Crippen molar-refractivity contribution in [3.63, 3.8) is 0 Å². The third-order valence-electron chi connectivity index (χ3n) is 4.86. The molecule has 2 aromatic rings. The fraction of sp³-hybridized carbons (Fsp3) is 0.389. The third-order valence-corrected chi connectivity index (χ3v) is 5.58. The summed E-state index contributed by atoms with van der Waals surface area (Å²) in [6.45, 7) is 4.75. The maximum atomic E-state index is 12.7. The average Bonchev–Trinajstić information content (AvgIpc) is 2.95. The second-order valence-electron chi connectivity index (χ2n) is 6.57. The first kappa shape index (κ1) is 18.7. The molecule has 1 aromatic heterocycles. The highest BCUT2D eigenvalue weighted by atomic mass is 35.5. The number of aryl methyl sites for hydroxylation is 2. The first-order chi connectivity index (χ1) is 12.3. The molecular formula is C18H20Cl2N4O2. The Morgan fingerprint density at radius 2 is 1.88 bits per heavy atom. The molecule has 0 radical (unpaired) electrons. The number of phenolic OH excluding ortho intramolecular Hbond substituents is 1. The van der Waals surface area contributed by atoms with Crippen LogP contribution in [-0.2, 0) is 0 Å². The molecule has 1 fully saturated rings. The minimum atomic E-state index is -0.0486. The van der Waals surface area contributed by atoms with Crippen molar-refractivity contribution in [3.05, 3.63) is 44.7 Å². The lowest BCUT2D eigenvalue weighted by atomic mass is 9.87. The number of aromatic hydroxyl groups is 1. The number of H-pyrrole nitrogens is 1. The van der Waals surface area contributed by atoms with Crippen LogP contribution in [0.4, 0.5) is 0 Å².